The Bertz CT molecular complexity index is 843. The summed E-state index contributed by atoms with van der Waals surface area (Å²) < 4.78 is 10.8. The average Bonchev–Trinajstić information content (AvgIpc) is 2.89. The van der Waals surface area contributed by atoms with Crippen LogP contribution in [0, 0.1) is 13.8 Å². The van der Waals surface area contributed by atoms with E-state index in [1.54, 1.807) is 26.0 Å². The van der Waals surface area contributed by atoms with E-state index in [1.807, 2.05) is 6.92 Å². The molecule has 2 rings (SSSR count). The van der Waals surface area contributed by atoms with E-state index >= 15 is 0 Å². The summed E-state index contributed by atoms with van der Waals surface area (Å²) in [4.78, 5) is 27.2. The highest BCUT2D eigenvalue weighted by molar-refractivity contribution is 6.32. The molecule has 0 saturated carbocycles. The molecule has 0 fully saturated rings. The Balaban J connectivity index is 2.19. The minimum absolute atomic E-state index is 0.0710. The van der Waals surface area contributed by atoms with Crippen LogP contribution in [0.4, 0.5) is 0 Å². The molecule has 0 aliphatic heterocycles. The number of rotatable bonds is 7. The number of carbonyl (C=O) groups is 2. The highest BCUT2D eigenvalue weighted by Gasteiger charge is 2.20. The number of H-pyrrole nitrogens is 1. The first-order chi connectivity index (χ1) is 12.3. The lowest BCUT2D eigenvalue weighted by Crippen LogP contribution is -2.24. The number of carbonyl (C=O) groups excluding carboxylic acids is 2. The summed E-state index contributed by atoms with van der Waals surface area (Å²) in [5.74, 6) is 0.628. The summed E-state index contributed by atoms with van der Waals surface area (Å²) in [6.45, 7) is 7.60. The van der Waals surface area contributed by atoms with E-state index in [0.717, 1.165) is 5.56 Å². The molecular formula is C19H23ClN2O4. The third kappa shape index (κ3) is 4.02. The van der Waals surface area contributed by atoms with Crippen LogP contribution in [0.15, 0.2) is 12.1 Å². The van der Waals surface area contributed by atoms with Gasteiger partial charge in [-0.15, -0.1) is 0 Å². The fourth-order valence-electron chi connectivity index (χ4n) is 2.94. The van der Waals surface area contributed by atoms with Gasteiger partial charge in [0.2, 0.25) is 0 Å². The fourth-order valence-corrected chi connectivity index (χ4v) is 3.22. The summed E-state index contributed by atoms with van der Waals surface area (Å²) in [6.07, 6.45) is 0. The van der Waals surface area contributed by atoms with E-state index in [-0.39, 0.29) is 18.2 Å². The molecule has 0 saturated heterocycles. The number of hydrogen-bond acceptors (Lipinski definition) is 4. The zero-order chi connectivity index (χ0) is 19.4. The number of methoxy groups -OCH3 is 1. The third-order valence-corrected chi connectivity index (χ3v) is 4.33. The molecule has 0 radical (unpaired) electrons. The van der Waals surface area contributed by atoms with Crippen molar-refractivity contribution >= 4 is 23.3 Å². The van der Waals surface area contributed by atoms with E-state index in [1.165, 1.54) is 14.0 Å². The van der Waals surface area contributed by atoms with E-state index < -0.39 is 0 Å². The largest absolute Gasteiger partial charge is 0.493 e. The lowest BCUT2D eigenvalue weighted by molar-refractivity contribution is 0.0945. The molecule has 2 aromatic rings. The van der Waals surface area contributed by atoms with Gasteiger partial charge in [-0.2, -0.15) is 0 Å². The van der Waals surface area contributed by atoms with Crippen molar-refractivity contribution in [2.45, 2.75) is 34.2 Å². The molecule has 0 unspecified atom stereocenters. The Morgan fingerprint density at radius 2 is 1.96 bits per heavy atom. The van der Waals surface area contributed by atoms with Crippen molar-refractivity contribution in [3.8, 4) is 11.5 Å². The van der Waals surface area contributed by atoms with Crippen LogP contribution in [0.3, 0.4) is 0 Å². The standard InChI is InChI=1S/C19H23ClN2O4/c1-6-26-18-14(20)7-13(8-15(18)25-5)9-21-19(24)17-10(2)16(12(4)23)11(3)22-17/h7-8,22H,6,9H2,1-5H3,(H,21,24). The van der Waals surface area contributed by atoms with Crippen molar-refractivity contribution in [2.24, 2.45) is 0 Å². The molecule has 2 N–H and O–H groups in total. The highest BCUT2D eigenvalue weighted by Crippen LogP contribution is 2.36. The SMILES string of the molecule is CCOc1c(Cl)cc(CNC(=O)c2[nH]c(C)c(C(C)=O)c2C)cc1OC. The number of aryl methyl sites for hydroxylation is 1. The summed E-state index contributed by atoms with van der Waals surface area (Å²) in [5.41, 5.74) is 3.05. The van der Waals surface area contributed by atoms with Crippen LogP contribution in [-0.2, 0) is 6.54 Å². The van der Waals surface area contributed by atoms with Gasteiger partial charge in [-0.1, -0.05) is 11.6 Å². The zero-order valence-corrected chi connectivity index (χ0v) is 16.3. The molecule has 26 heavy (non-hydrogen) atoms. The maximum absolute atomic E-state index is 12.5. The monoisotopic (exact) mass is 378 g/mol. The molecular weight excluding hydrogens is 356 g/mol. The Hall–Kier alpha value is -2.47. The van der Waals surface area contributed by atoms with E-state index in [0.29, 0.717) is 45.6 Å². The van der Waals surface area contributed by atoms with E-state index in [9.17, 15) is 9.59 Å². The minimum atomic E-state index is -0.290. The van der Waals surface area contributed by atoms with Crippen molar-refractivity contribution in [3.63, 3.8) is 0 Å². The van der Waals surface area contributed by atoms with Crippen LogP contribution in [0.2, 0.25) is 5.02 Å². The summed E-state index contributed by atoms with van der Waals surface area (Å²) in [7, 11) is 1.53. The normalized spacial score (nSPS) is 10.5. The van der Waals surface area contributed by atoms with Crippen LogP contribution < -0.4 is 14.8 Å². The van der Waals surface area contributed by atoms with Gasteiger partial charge < -0.3 is 19.8 Å². The maximum Gasteiger partial charge on any atom is 0.268 e. The molecule has 0 aliphatic rings. The van der Waals surface area contributed by atoms with Gasteiger partial charge in [-0.05, 0) is 51.0 Å². The predicted octanol–water partition coefficient (Wildman–Crippen LogP) is 3.82. The second-order valence-electron chi connectivity index (χ2n) is 5.91. The van der Waals surface area contributed by atoms with Crippen molar-refractivity contribution in [1.82, 2.24) is 10.3 Å². The number of hydrogen-bond donors (Lipinski definition) is 2. The van der Waals surface area contributed by atoms with Gasteiger partial charge in [0.15, 0.2) is 17.3 Å². The number of nitrogens with one attached hydrogen (secondary N) is 2. The van der Waals surface area contributed by atoms with Gasteiger partial charge in [-0.25, -0.2) is 0 Å². The van der Waals surface area contributed by atoms with Crippen LogP contribution >= 0.6 is 11.6 Å². The van der Waals surface area contributed by atoms with Crippen molar-refractivity contribution in [1.29, 1.82) is 0 Å². The Labute approximate surface area is 157 Å². The average molecular weight is 379 g/mol. The fraction of sp³-hybridized carbons (Fsp3) is 0.368. The molecule has 0 spiro atoms. The molecule has 1 aromatic carbocycles. The zero-order valence-electron chi connectivity index (χ0n) is 15.6. The quantitative estimate of drug-likeness (QED) is 0.717. The van der Waals surface area contributed by atoms with Gasteiger partial charge in [-0.3, -0.25) is 9.59 Å². The van der Waals surface area contributed by atoms with Crippen LogP contribution in [0.1, 0.15) is 51.5 Å². The molecule has 1 heterocycles. The second-order valence-corrected chi connectivity index (χ2v) is 6.31. The first-order valence-electron chi connectivity index (χ1n) is 8.27. The lowest BCUT2D eigenvalue weighted by Gasteiger charge is -2.13. The highest BCUT2D eigenvalue weighted by atomic mass is 35.5. The third-order valence-electron chi connectivity index (χ3n) is 4.05. The molecule has 7 heteroatoms. The number of amides is 1. The summed E-state index contributed by atoms with van der Waals surface area (Å²) >= 11 is 6.25. The van der Waals surface area contributed by atoms with Crippen molar-refractivity contribution in [3.05, 3.63) is 45.2 Å². The number of halogens is 1. The number of ketones is 1. The Morgan fingerprint density at radius 3 is 2.50 bits per heavy atom. The Kier molecular flexibility index (Phi) is 6.32. The van der Waals surface area contributed by atoms with Crippen LogP contribution in [-0.4, -0.2) is 30.4 Å². The number of aromatic nitrogens is 1. The van der Waals surface area contributed by atoms with Gasteiger partial charge in [0, 0.05) is 17.8 Å². The van der Waals surface area contributed by atoms with E-state index in [2.05, 4.69) is 10.3 Å². The second kappa shape index (κ2) is 8.27. The smallest absolute Gasteiger partial charge is 0.268 e. The molecule has 0 atom stereocenters. The van der Waals surface area contributed by atoms with Crippen LogP contribution in [0.25, 0.3) is 0 Å². The van der Waals surface area contributed by atoms with Crippen LogP contribution in [0.5, 0.6) is 11.5 Å². The molecule has 0 aliphatic carbocycles. The molecule has 140 valence electrons. The first kappa shape index (κ1) is 19.8. The van der Waals surface area contributed by atoms with Crippen molar-refractivity contribution in [2.75, 3.05) is 13.7 Å². The molecule has 1 amide bonds. The first-order valence-corrected chi connectivity index (χ1v) is 8.65. The van der Waals surface area contributed by atoms with Gasteiger partial charge in [0.25, 0.3) is 5.91 Å². The molecule has 6 nitrogen and oxygen atoms in total. The van der Waals surface area contributed by atoms with E-state index in [4.69, 9.17) is 21.1 Å². The van der Waals surface area contributed by atoms with Gasteiger partial charge >= 0.3 is 0 Å². The molecule has 1 aromatic heterocycles. The predicted molar refractivity (Wildman–Crippen MR) is 101 cm³/mol. The summed E-state index contributed by atoms with van der Waals surface area (Å²) in [6, 6.07) is 3.49. The Morgan fingerprint density at radius 1 is 1.27 bits per heavy atom. The van der Waals surface area contributed by atoms with Gasteiger partial charge in [0.05, 0.1) is 18.7 Å². The van der Waals surface area contributed by atoms with Gasteiger partial charge in [0.1, 0.15) is 5.69 Å². The molecule has 0 bridgehead atoms. The number of aromatic amines is 1. The number of benzene rings is 1. The minimum Gasteiger partial charge on any atom is -0.493 e. The summed E-state index contributed by atoms with van der Waals surface area (Å²) in [5, 5.41) is 3.25. The number of ether oxygens (including phenoxy) is 2. The maximum atomic E-state index is 12.5. The van der Waals surface area contributed by atoms with Crippen molar-refractivity contribution < 1.29 is 19.1 Å². The number of Topliss-reactive ketones (excluding diaryl/α,β-unsaturated/α-hetero) is 1. The topological polar surface area (TPSA) is 80.4 Å². The lowest BCUT2D eigenvalue weighted by atomic mass is 10.1.